The average Bonchev–Trinajstić information content (AvgIpc) is 3.24. The van der Waals surface area contributed by atoms with E-state index in [1.165, 1.54) is 42.8 Å². The second-order valence-electron chi connectivity index (χ2n) is 8.77. The summed E-state index contributed by atoms with van der Waals surface area (Å²) in [6, 6.07) is 0. The molecule has 2 saturated heterocycles. The minimum Gasteiger partial charge on any atom is -0.381 e. The summed E-state index contributed by atoms with van der Waals surface area (Å²) >= 11 is 1.80. The molecule has 30 heavy (non-hydrogen) atoms. The molecule has 2 aliphatic heterocycles. The molecule has 0 spiro atoms. The van der Waals surface area contributed by atoms with Crippen molar-refractivity contribution >= 4 is 17.3 Å². The van der Waals surface area contributed by atoms with E-state index in [1.54, 1.807) is 11.3 Å². The molecule has 1 aromatic heterocycles. The smallest absolute Gasteiger partial charge is 0.193 e. The highest BCUT2D eigenvalue weighted by atomic mass is 32.1. The highest BCUT2D eigenvalue weighted by Gasteiger charge is 2.20. The number of thiazole rings is 1. The topological polar surface area (TPSA) is 53.0 Å². The number of aromatic nitrogens is 1. The standard InChI is InChI=1S/C23H41N5OS/c1-4-22-26-21(18-30-22)17-28-12-7-20(8-13-28)16-25-23(24-5-2)27(3)11-6-19-9-14-29-15-10-19/h18-20H,4-17H2,1-3H3,(H,24,25). The molecule has 6 nitrogen and oxygen atoms in total. The van der Waals surface area contributed by atoms with Crippen LogP contribution < -0.4 is 5.32 Å². The van der Waals surface area contributed by atoms with Crippen molar-refractivity contribution < 1.29 is 4.74 Å². The van der Waals surface area contributed by atoms with E-state index in [0.717, 1.165) is 70.8 Å². The van der Waals surface area contributed by atoms with Gasteiger partial charge in [0, 0.05) is 51.8 Å². The maximum absolute atomic E-state index is 5.49. The first kappa shape index (κ1) is 23.5. The van der Waals surface area contributed by atoms with Gasteiger partial charge in [-0.1, -0.05) is 6.92 Å². The Labute approximate surface area is 187 Å². The number of aliphatic imine (C=N–C) groups is 1. The van der Waals surface area contributed by atoms with E-state index in [2.05, 4.69) is 41.4 Å². The lowest BCUT2D eigenvalue weighted by Gasteiger charge is -2.31. The van der Waals surface area contributed by atoms with Gasteiger partial charge >= 0.3 is 0 Å². The van der Waals surface area contributed by atoms with Gasteiger partial charge in [-0.15, -0.1) is 11.3 Å². The Kier molecular flexibility index (Phi) is 9.88. The molecular formula is C23H41N5OS. The molecule has 2 fully saturated rings. The molecule has 2 aliphatic rings. The van der Waals surface area contributed by atoms with E-state index in [-0.39, 0.29) is 0 Å². The molecule has 0 unspecified atom stereocenters. The maximum Gasteiger partial charge on any atom is 0.193 e. The van der Waals surface area contributed by atoms with E-state index in [1.807, 2.05) is 0 Å². The van der Waals surface area contributed by atoms with Gasteiger partial charge < -0.3 is 15.0 Å². The molecule has 7 heteroatoms. The number of guanidine groups is 1. The SMILES string of the molecule is CCNC(=NCC1CCN(Cc2csc(CC)n2)CC1)N(C)CCC1CCOCC1. The van der Waals surface area contributed by atoms with Crippen LogP contribution in [0, 0.1) is 11.8 Å². The number of piperidine rings is 1. The van der Waals surface area contributed by atoms with Gasteiger partial charge in [-0.05, 0) is 70.4 Å². The summed E-state index contributed by atoms with van der Waals surface area (Å²) in [7, 11) is 2.18. The molecule has 3 rings (SSSR count). The van der Waals surface area contributed by atoms with Crippen LogP contribution in [-0.4, -0.2) is 73.7 Å². The molecule has 0 radical (unpaired) electrons. The molecule has 0 saturated carbocycles. The predicted molar refractivity (Wildman–Crippen MR) is 126 cm³/mol. The maximum atomic E-state index is 5.49. The number of ether oxygens (including phenoxy) is 1. The summed E-state index contributed by atoms with van der Waals surface area (Å²) in [6.45, 7) is 12.5. The fourth-order valence-electron chi connectivity index (χ4n) is 4.34. The zero-order valence-electron chi connectivity index (χ0n) is 19.2. The predicted octanol–water partition coefficient (Wildman–Crippen LogP) is 3.63. The Bertz CT molecular complexity index is 635. The first-order valence-corrected chi connectivity index (χ1v) is 12.8. The average molecular weight is 436 g/mol. The lowest BCUT2D eigenvalue weighted by atomic mass is 9.96. The third-order valence-corrected chi connectivity index (χ3v) is 7.45. The zero-order valence-corrected chi connectivity index (χ0v) is 20.1. The Morgan fingerprint density at radius 1 is 1.23 bits per heavy atom. The van der Waals surface area contributed by atoms with Gasteiger partial charge in [0.1, 0.15) is 0 Å². The van der Waals surface area contributed by atoms with Crippen molar-refractivity contribution in [3.05, 3.63) is 16.1 Å². The van der Waals surface area contributed by atoms with Gasteiger partial charge in [-0.2, -0.15) is 0 Å². The molecule has 0 atom stereocenters. The Morgan fingerprint density at radius 2 is 2.00 bits per heavy atom. The second-order valence-corrected chi connectivity index (χ2v) is 9.71. The van der Waals surface area contributed by atoms with Crippen LogP contribution >= 0.6 is 11.3 Å². The Hall–Kier alpha value is -1.18. The molecule has 1 aromatic rings. The van der Waals surface area contributed by atoms with Gasteiger partial charge in [-0.25, -0.2) is 4.98 Å². The van der Waals surface area contributed by atoms with E-state index in [0.29, 0.717) is 5.92 Å². The van der Waals surface area contributed by atoms with Crippen molar-refractivity contribution in [3.63, 3.8) is 0 Å². The largest absolute Gasteiger partial charge is 0.381 e. The summed E-state index contributed by atoms with van der Waals surface area (Å²) in [5.74, 6) is 2.57. The lowest BCUT2D eigenvalue weighted by molar-refractivity contribution is 0.0625. The normalized spacial score (nSPS) is 19.9. The van der Waals surface area contributed by atoms with Crippen LogP contribution in [0.4, 0.5) is 0 Å². The molecule has 170 valence electrons. The van der Waals surface area contributed by atoms with Crippen LogP contribution in [0.5, 0.6) is 0 Å². The molecule has 0 amide bonds. The number of likely N-dealkylation sites (tertiary alicyclic amines) is 1. The third-order valence-electron chi connectivity index (χ3n) is 6.40. The van der Waals surface area contributed by atoms with Crippen LogP contribution in [-0.2, 0) is 17.7 Å². The quantitative estimate of drug-likeness (QED) is 0.474. The lowest BCUT2D eigenvalue weighted by Crippen LogP contribution is -2.41. The van der Waals surface area contributed by atoms with Gasteiger partial charge in [0.15, 0.2) is 5.96 Å². The van der Waals surface area contributed by atoms with Crippen molar-refractivity contribution in [2.24, 2.45) is 16.8 Å². The third kappa shape index (κ3) is 7.50. The van der Waals surface area contributed by atoms with Crippen molar-refractivity contribution in [2.75, 3.05) is 53.0 Å². The highest BCUT2D eigenvalue weighted by Crippen LogP contribution is 2.21. The summed E-state index contributed by atoms with van der Waals surface area (Å²) in [6.07, 6.45) is 7.17. The molecule has 0 aromatic carbocycles. The molecule has 0 aliphatic carbocycles. The first-order chi connectivity index (χ1) is 14.7. The van der Waals surface area contributed by atoms with Crippen molar-refractivity contribution in [2.45, 2.75) is 58.9 Å². The fraction of sp³-hybridized carbons (Fsp3) is 0.826. The summed E-state index contributed by atoms with van der Waals surface area (Å²) < 4.78 is 5.49. The summed E-state index contributed by atoms with van der Waals surface area (Å²) in [5.41, 5.74) is 1.24. The monoisotopic (exact) mass is 435 g/mol. The Balaban J connectivity index is 1.40. The number of nitrogens with one attached hydrogen (secondary N) is 1. The van der Waals surface area contributed by atoms with E-state index >= 15 is 0 Å². The van der Waals surface area contributed by atoms with Gasteiger partial charge in [0.2, 0.25) is 0 Å². The second kappa shape index (κ2) is 12.6. The van der Waals surface area contributed by atoms with Gasteiger partial charge in [-0.3, -0.25) is 9.89 Å². The fourth-order valence-corrected chi connectivity index (χ4v) is 5.08. The molecule has 3 heterocycles. The van der Waals surface area contributed by atoms with Crippen LogP contribution in [0.3, 0.4) is 0 Å². The van der Waals surface area contributed by atoms with Crippen molar-refractivity contribution in [3.8, 4) is 0 Å². The minimum atomic E-state index is 0.695. The summed E-state index contributed by atoms with van der Waals surface area (Å²) in [5, 5.41) is 6.98. The zero-order chi connectivity index (χ0) is 21.2. The van der Waals surface area contributed by atoms with E-state index < -0.39 is 0 Å². The first-order valence-electron chi connectivity index (χ1n) is 11.9. The molecular weight excluding hydrogens is 394 g/mol. The number of hydrogen-bond donors (Lipinski definition) is 1. The van der Waals surface area contributed by atoms with Crippen LogP contribution in [0.25, 0.3) is 0 Å². The van der Waals surface area contributed by atoms with Crippen LogP contribution in [0.1, 0.15) is 56.7 Å². The van der Waals surface area contributed by atoms with E-state index in [9.17, 15) is 0 Å². The number of rotatable bonds is 9. The molecule has 0 bridgehead atoms. The highest BCUT2D eigenvalue weighted by molar-refractivity contribution is 7.09. The van der Waals surface area contributed by atoms with E-state index in [4.69, 9.17) is 14.7 Å². The minimum absolute atomic E-state index is 0.695. The Morgan fingerprint density at radius 3 is 2.67 bits per heavy atom. The van der Waals surface area contributed by atoms with Gasteiger partial charge in [0.05, 0.1) is 10.7 Å². The van der Waals surface area contributed by atoms with Crippen LogP contribution in [0.2, 0.25) is 0 Å². The van der Waals surface area contributed by atoms with Gasteiger partial charge in [0.25, 0.3) is 0 Å². The van der Waals surface area contributed by atoms with Crippen molar-refractivity contribution in [1.29, 1.82) is 0 Å². The number of aryl methyl sites for hydroxylation is 1. The van der Waals surface area contributed by atoms with Crippen LogP contribution in [0.15, 0.2) is 10.4 Å². The van der Waals surface area contributed by atoms with Crippen molar-refractivity contribution in [1.82, 2.24) is 20.1 Å². The molecule has 1 N–H and O–H groups in total. The summed E-state index contributed by atoms with van der Waals surface area (Å²) in [4.78, 5) is 14.6. The number of nitrogens with zero attached hydrogens (tertiary/aromatic N) is 4. The number of hydrogen-bond acceptors (Lipinski definition) is 5.